The Kier molecular flexibility index (Phi) is 6.95. The fourth-order valence-corrected chi connectivity index (χ4v) is 6.75. The van der Waals surface area contributed by atoms with E-state index in [0.29, 0.717) is 12.2 Å². The summed E-state index contributed by atoms with van der Waals surface area (Å²) in [6.45, 7) is 2.56. The molecule has 0 radical (unpaired) electrons. The lowest BCUT2D eigenvalue weighted by Crippen LogP contribution is -2.56. The van der Waals surface area contributed by atoms with Gasteiger partial charge >= 0.3 is 0 Å². The van der Waals surface area contributed by atoms with E-state index in [1.807, 2.05) is 42.7 Å². The van der Waals surface area contributed by atoms with Crippen molar-refractivity contribution in [3.63, 3.8) is 0 Å². The highest BCUT2D eigenvalue weighted by Crippen LogP contribution is 2.55. The number of unbranched alkanes of at least 4 members (excludes halogenated alkanes) is 1. The summed E-state index contributed by atoms with van der Waals surface area (Å²) in [4.78, 5) is 43.7. The zero-order chi connectivity index (χ0) is 24.6. The standard InChI is InChI=1S/C27H35N3O4S/c1-3-4-15-30-23(25(32)28-17-9-6-5-7-10-17)27-14-13-20(34-27)21(22(27)26(30)33)24(31)29-18-11-8-12-19(16-18)35-2/h8,11-14,16-17,20-23H,3-7,9-10,15H2,1-2H3,(H,28,32)(H,29,31)/t20-,21-,22-,23-,27+/m1/s1. The number of carbonyl (C=O) groups is 3. The highest BCUT2D eigenvalue weighted by molar-refractivity contribution is 7.98. The van der Waals surface area contributed by atoms with Crippen LogP contribution in [-0.2, 0) is 19.1 Å². The summed E-state index contributed by atoms with van der Waals surface area (Å²) >= 11 is 1.60. The number of anilines is 1. The molecule has 1 aliphatic carbocycles. The Bertz CT molecular complexity index is 1020. The van der Waals surface area contributed by atoms with E-state index in [9.17, 15) is 14.4 Å². The molecule has 188 valence electrons. The number of ether oxygens (including phenoxy) is 1. The Morgan fingerprint density at radius 3 is 2.74 bits per heavy atom. The third-order valence-corrected chi connectivity index (χ3v) is 8.69. The molecule has 5 atom stereocenters. The molecule has 1 saturated carbocycles. The van der Waals surface area contributed by atoms with Crippen LogP contribution in [0.1, 0.15) is 51.9 Å². The van der Waals surface area contributed by atoms with Gasteiger partial charge in [-0.05, 0) is 43.7 Å². The maximum atomic E-state index is 13.8. The Labute approximate surface area is 211 Å². The van der Waals surface area contributed by atoms with Crippen molar-refractivity contribution in [2.45, 2.75) is 80.6 Å². The molecule has 4 aliphatic rings. The van der Waals surface area contributed by atoms with Gasteiger partial charge in [0.1, 0.15) is 11.6 Å². The lowest BCUT2D eigenvalue weighted by Gasteiger charge is -2.34. The summed E-state index contributed by atoms with van der Waals surface area (Å²) in [6, 6.07) is 7.06. The van der Waals surface area contributed by atoms with E-state index in [-0.39, 0.29) is 23.8 Å². The molecule has 8 heteroatoms. The molecule has 2 bridgehead atoms. The van der Waals surface area contributed by atoms with E-state index < -0.39 is 29.6 Å². The molecule has 3 aliphatic heterocycles. The minimum absolute atomic E-state index is 0.139. The number of amides is 3. The van der Waals surface area contributed by atoms with Crippen LogP contribution in [-0.4, -0.2) is 59.2 Å². The van der Waals surface area contributed by atoms with Gasteiger partial charge in [0.2, 0.25) is 17.7 Å². The fraction of sp³-hybridized carbons (Fsp3) is 0.593. The Balaban J connectivity index is 1.41. The predicted molar refractivity (Wildman–Crippen MR) is 136 cm³/mol. The van der Waals surface area contributed by atoms with Crippen molar-refractivity contribution in [2.75, 3.05) is 18.1 Å². The molecule has 1 aromatic carbocycles. The normalized spacial score (nSPS) is 31.6. The van der Waals surface area contributed by atoms with Crippen LogP contribution in [0.25, 0.3) is 0 Å². The van der Waals surface area contributed by atoms with Crippen molar-refractivity contribution in [1.82, 2.24) is 10.2 Å². The van der Waals surface area contributed by atoms with Crippen molar-refractivity contribution in [3.8, 4) is 0 Å². The zero-order valence-electron chi connectivity index (χ0n) is 20.5. The molecule has 2 N–H and O–H groups in total. The maximum absolute atomic E-state index is 13.8. The van der Waals surface area contributed by atoms with Crippen LogP contribution in [0.4, 0.5) is 5.69 Å². The number of fused-ring (bicyclic) bond motifs is 1. The van der Waals surface area contributed by atoms with E-state index in [4.69, 9.17) is 4.74 Å². The number of hydrogen-bond donors (Lipinski definition) is 2. The second-order valence-electron chi connectivity index (χ2n) is 10.2. The quantitative estimate of drug-likeness (QED) is 0.422. The van der Waals surface area contributed by atoms with Crippen LogP contribution in [0, 0.1) is 11.8 Å². The largest absolute Gasteiger partial charge is 0.359 e. The number of carbonyl (C=O) groups excluding carboxylic acids is 3. The molecule has 0 unspecified atom stereocenters. The average Bonchev–Trinajstić information content (AvgIpc) is 3.50. The first kappa shape index (κ1) is 24.4. The highest BCUT2D eigenvalue weighted by Gasteiger charge is 2.72. The number of nitrogens with zero attached hydrogens (tertiary/aromatic N) is 1. The van der Waals surface area contributed by atoms with Gasteiger partial charge in [-0.3, -0.25) is 14.4 Å². The molecule has 1 spiro atoms. The van der Waals surface area contributed by atoms with E-state index in [2.05, 4.69) is 17.6 Å². The first-order valence-electron chi connectivity index (χ1n) is 12.9. The first-order valence-corrected chi connectivity index (χ1v) is 14.1. The maximum Gasteiger partial charge on any atom is 0.246 e. The summed E-state index contributed by atoms with van der Waals surface area (Å²) in [5, 5.41) is 6.23. The third kappa shape index (κ3) is 4.29. The number of rotatable bonds is 8. The van der Waals surface area contributed by atoms with Crippen molar-refractivity contribution in [1.29, 1.82) is 0 Å². The van der Waals surface area contributed by atoms with Crippen molar-refractivity contribution in [3.05, 3.63) is 36.4 Å². The summed E-state index contributed by atoms with van der Waals surface area (Å²) in [6.07, 6.45) is 12.3. The smallest absolute Gasteiger partial charge is 0.246 e. The summed E-state index contributed by atoms with van der Waals surface area (Å²) < 4.78 is 6.40. The first-order chi connectivity index (χ1) is 17.0. The van der Waals surface area contributed by atoms with Gasteiger partial charge in [0.25, 0.3) is 0 Å². The Morgan fingerprint density at radius 2 is 2.00 bits per heavy atom. The van der Waals surface area contributed by atoms with Gasteiger partial charge in [-0.1, -0.05) is 50.8 Å². The summed E-state index contributed by atoms with van der Waals surface area (Å²) in [5.41, 5.74) is -0.389. The Hall–Kier alpha value is -2.32. The van der Waals surface area contributed by atoms with Gasteiger partial charge in [-0.15, -0.1) is 11.8 Å². The third-order valence-electron chi connectivity index (χ3n) is 7.97. The molecule has 5 rings (SSSR count). The van der Waals surface area contributed by atoms with Gasteiger partial charge in [0.15, 0.2) is 0 Å². The number of nitrogens with one attached hydrogen (secondary N) is 2. The minimum atomic E-state index is -1.09. The number of likely N-dealkylation sites (tertiary alicyclic amines) is 1. The number of hydrogen-bond acceptors (Lipinski definition) is 5. The van der Waals surface area contributed by atoms with Gasteiger partial charge in [0.05, 0.1) is 17.9 Å². The summed E-state index contributed by atoms with van der Waals surface area (Å²) in [7, 11) is 0. The molecule has 3 amide bonds. The van der Waals surface area contributed by atoms with Crippen molar-refractivity contribution in [2.24, 2.45) is 11.8 Å². The van der Waals surface area contributed by atoms with E-state index in [1.165, 1.54) is 6.42 Å². The average molecular weight is 498 g/mol. The second-order valence-corrected chi connectivity index (χ2v) is 11.0. The molecule has 7 nitrogen and oxygen atoms in total. The van der Waals surface area contributed by atoms with Gasteiger partial charge in [0, 0.05) is 23.2 Å². The minimum Gasteiger partial charge on any atom is -0.359 e. The van der Waals surface area contributed by atoms with Crippen LogP contribution in [0.3, 0.4) is 0 Å². The lowest BCUT2D eigenvalue weighted by atomic mass is 9.74. The number of thioether (sulfide) groups is 1. The van der Waals surface area contributed by atoms with Crippen LogP contribution < -0.4 is 10.6 Å². The number of benzene rings is 1. The molecule has 3 fully saturated rings. The van der Waals surface area contributed by atoms with Crippen LogP contribution in [0.15, 0.2) is 41.3 Å². The molecular weight excluding hydrogens is 462 g/mol. The zero-order valence-corrected chi connectivity index (χ0v) is 21.3. The molecule has 2 saturated heterocycles. The fourth-order valence-electron chi connectivity index (χ4n) is 6.29. The lowest BCUT2D eigenvalue weighted by molar-refractivity contribution is -0.141. The second kappa shape index (κ2) is 9.97. The predicted octanol–water partition coefficient (Wildman–Crippen LogP) is 3.75. The van der Waals surface area contributed by atoms with Gasteiger partial charge < -0.3 is 20.3 Å². The van der Waals surface area contributed by atoms with Crippen molar-refractivity contribution >= 4 is 35.2 Å². The molecular formula is C27H35N3O4S. The Morgan fingerprint density at radius 1 is 1.20 bits per heavy atom. The summed E-state index contributed by atoms with van der Waals surface area (Å²) in [5.74, 6) is -1.89. The topological polar surface area (TPSA) is 87.7 Å². The van der Waals surface area contributed by atoms with Crippen LogP contribution in [0.2, 0.25) is 0 Å². The van der Waals surface area contributed by atoms with Gasteiger partial charge in [-0.25, -0.2) is 0 Å². The molecule has 35 heavy (non-hydrogen) atoms. The molecule has 0 aromatic heterocycles. The monoisotopic (exact) mass is 497 g/mol. The van der Waals surface area contributed by atoms with E-state index in [1.54, 1.807) is 16.7 Å². The molecule has 1 aromatic rings. The van der Waals surface area contributed by atoms with Gasteiger partial charge in [-0.2, -0.15) is 0 Å². The van der Waals surface area contributed by atoms with Crippen molar-refractivity contribution < 1.29 is 19.1 Å². The molecule has 3 heterocycles. The SMILES string of the molecule is CCCCN1C(=O)[C@H]2[C@H](C(=O)Nc3cccc(SC)c3)[C@H]3C=C[C@@]2(O3)[C@H]1C(=O)NC1CCCCC1. The van der Waals surface area contributed by atoms with Crippen LogP contribution in [0.5, 0.6) is 0 Å². The van der Waals surface area contributed by atoms with E-state index >= 15 is 0 Å². The van der Waals surface area contributed by atoms with E-state index in [0.717, 1.165) is 43.4 Å². The highest BCUT2D eigenvalue weighted by atomic mass is 32.2. The van der Waals surface area contributed by atoms with Crippen LogP contribution >= 0.6 is 11.8 Å².